The Hall–Kier alpha value is -0.830. The number of benzene rings is 1. The van der Waals surface area contributed by atoms with Gasteiger partial charge in [0.05, 0.1) is 0 Å². The summed E-state index contributed by atoms with van der Waals surface area (Å²) < 4.78 is 38.3. The van der Waals surface area contributed by atoms with E-state index in [1.54, 1.807) is 19.9 Å². The van der Waals surface area contributed by atoms with E-state index in [0.29, 0.717) is 29.2 Å². The molecule has 6 nitrogen and oxygen atoms in total. The molecule has 1 aliphatic rings. The molecule has 0 bridgehead atoms. The highest BCUT2D eigenvalue weighted by Gasteiger charge is 2.24. The molecule has 0 atom stereocenters. The van der Waals surface area contributed by atoms with Crippen LogP contribution in [-0.4, -0.2) is 33.7 Å². The van der Waals surface area contributed by atoms with Crippen LogP contribution in [0, 0.1) is 0 Å². The van der Waals surface area contributed by atoms with Crippen LogP contribution in [-0.2, 0) is 10.0 Å². The summed E-state index contributed by atoms with van der Waals surface area (Å²) in [5.41, 5.74) is 5.15. The highest BCUT2D eigenvalue weighted by atomic mass is 79.9. The summed E-state index contributed by atoms with van der Waals surface area (Å²) in [5.74, 6) is 0.952. The standard InChI is InChI=1S/C12H17BrN2O4S/c1-12(2,14)7-15-20(16,17)11-6-10-9(5-8(11)13)18-3-4-19-10/h5-6,15H,3-4,7,14H2,1-2H3. The minimum Gasteiger partial charge on any atom is -0.486 e. The Morgan fingerprint density at radius 2 is 1.85 bits per heavy atom. The van der Waals surface area contributed by atoms with Crippen LogP contribution in [0.2, 0.25) is 0 Å². The average Bonchev–Trinajstić information content (AvgIpc) is 2.35. The molecule has 0 unspecified atom stereocenters. The van der Waals surface area contributed by atoms with E-state index in [1.807, 2.05) is 0 Å². The van der Waals surface area contributed by atoms with Gasteiger partial charge in [0.1, 0.15) is 18.1 Å². The van der Waals surface area contributed by atoms with Crippen molar-refractivity contribution in [3.05, 3.63) is 16.6 Å². The summed E-state index contributed by atoms with van der Waals surface area (Å²) in [6.45, 7) is 4.47. The molecular formula is C12H17BrN2O4S. The van der Waals surface area contributed by atoms with Crippen LogP contribution in [0.25, 0.3) is 0 Å². The first-order chi connectivity index (χ1) is 9.19. The molecule has 0 spiro atoms. The largest absolute Gasteiger partial charge is 0.486 e. The molecule has 0 saturated carbocycles. The minimum atomic E-state index is -3.67. The quantitative estimate of drug-likeness (QED) is 0.838. The van der Waals surface area contributed by atoms with E-state index in [1.165, 1.54) is 6.07 Å². The molecule has 3 N–H and O–H groups in total. The lowest BCUT2D eigenvalue weighted by Crippen LogP contribution is -2.45. The van der Waals surface area contributed by atoms with Gasteiger partial charge < -0.3 is 15.2 Å². The Kier molecular flexibility index (Phi) is 4.29. The first-order valence-corrected chi connectivity index (χ1v) is 8.34. The van der Waals surface area contributed by atoms with Crippen LogP contribution < -0.4 is 19.9 Å². The highest BCUT2D eigenvalue weighted by molar-refractivity contribution is 9.10. The summed E-state index contributed by atoms with van der Waals surface area (Å²) in [6.07, 6.45) is 0. The molecule has 2 rings (SSSR count). The van der Waals surface area contributed by atoms with Gasteiger partial charge in [0.2, 0.25) is 10.0 Å². The zero-order chi connectivity index (χ0) is 15.0. The van der Waals surface area contributed by atoms with Crippen LogP contribution in [0.1, 0.15) is 13.8 Å². The van der Waals surface area contributed by atoms with Crippen LogP contribution >= 0.6 is 15.9 Å². The van der Waals surface area contributed by atoms with Crippen molar-refractivity contribution in [2.45, 2.75) is 24.3 Å². The molecule has 0 aliphatic carbocycles. The van der Waals surface area contributed by atoms with Crippen molar-refractivity contribution < 1.29 is 17.9 Å². The summed E-state index contributed by atoms with van der Waals surface area (Å²) in [6, 6.07) is 3.04. The number of ether oxygens (including phenoxy) is 2. The number of sulfonamides is 1. The second kappa shape index (κ2) is 5.51. The lowest BCUT2D eigenvalue weighted by Gasteiger charge is -2.21. The Morgan fingerprint density at radius 3 is 2.40 bits per heavy atom. The van der Waals surface area contributed by atoms with Gasteiger partial charge in [0, 0.05) is 22.6 Å². The molecule has 112 valence electrons. The van der Waals surface area contributed by atoms with E-state index < -0.39 is 15.6 Å². The van der Waals surface area contributed by atoms with Crippen molar-refractivity contribution in [2.75, 3.05) is 19.8 Å². The highest BCUT2D eigenvalue weighted by Crippen LogP contribution is 2.37. The van der Waals surface area contributed by atoms with E-state index >= 15 is 0 Å². The average molecular weight is 365 g/mol. The van der Waals surface area contributed by atoms with E-state index in [0.717, 1.165) is 0 Å². The number of nitrogens with two attached hydrogens (primary N) is 1. The molecule has 0 fully saturated rings. The van der Waals surface area contributed by atoms with Crippen molar-refractivity contribution in [1.29, 1.82) is 0 Å². The van der Waals surface area contributed by atoms with Crippen molar-refractivity contribution in [3.8, 4) is 11.5 Å². The Morgan fingerprint density at radius 1 is 1.30 bits per heavy atom. The monoisotopic (exact) mass is 364 g/mol. The molecule has 0 aromatic heterocycles. The molecule has 0 saturated heterocycles. The summed E-state index contributed by atoms with van der Waals surface area (Å²) >= 11 is 3.25. The van der Waals surface area contributed by atoms with Gasteiger partial charge >= 0.3 is 0 Å². The SMILES string of the molecule is CC(C)(N)CNS(=O)(=O)c1cc2c(cc1Br)OCCO2. The third-order valence-corrected chi connectivity index (χ3v) is 4.96. The number of hydrogen-bond donors (Lipinski definition) is 2. The lowest BCUT2D eigenvalue weighted by atomic mass is 10.1. The molecule has 1 aromatic carbocycles. The minimum absolute atomic E-state index is 0.103. The molecular weight excluding hydrogens is 348 g/mol. The van der Waals surface area contributed by atoms with E-state index in [9.17, 15) is 8.42 Å². The summed E-state index contributed by atoms with van der Waals surface area (Å²) in [4.78, 5) is 0.103. The van der Waals surface area contributed by atoms with Gasteiger partial charge in [-0.1, -0.05) is 0 Å². The normalized spacial score (nSPS) is 15.2. The van der Waals surface area contributed by atoms with Crippen LogP contribution in [0.3, 0.4) is 0 Å². The fourth-order valence-corrected chi connectivity index (χ4v) is 3.87. The molecule has 1 heterocycles. The zero-order valence-electron chi connectivity index (χ0n) is 11.3. The van der Waals surface area contributed by atoms with Crippen molar-refractivity contribution in [3.63, 3.8) is 0 Å². The summed E-state index contributed by atoms with van der Waals surface area (Å²) in [7, 11) is -3.67. The number of rotatable bonds is 4. The lowest BCUT2D eigenvalue weighted by molar-refractivity contribution is 0.171. The van der Waals surface area contributed by atoms with Crippen molar-refractivity contribution in [2.24, 2.45) is 5.73 Å². The third kappa shape index (κ3) is 3.63. The van der Waals surface area contributed by atoms with Crippen LogP contribution in [0.5, 0.6) is 11.5 Å². The maximum absolute atomic E-state index is 12.3. The van der Waals surface area contributed by atoms with Gasteiger partial charge in [0.15, 0.2) is 11.5 Å². The summed E-state index contributed by atoms with van der Waals surface area (Å²) in [5, 5.41) is 0. The Balaban J connectivity index is 2.32. The van der Waals surface area contributed by atoms with E-state index in [4.69, 9.17) is 15.2 Å². The van der Waals surface area contributed by atoms with Gasteiger partial charge in [-0.05, 0) is 35.8 Å². The first kappa shape index (κ1) is 15.6. The number of hydrogen-bond acceptors (Lipinski definition) is 5. The molecule has 0 amide bonds. The van der Waals surface area contributed by atoms with Gasteiger partial charge in [0.25, 0.3) is 0 Å². The van der Waals surface area contributed by atoms with E-state index in [-0.39, 0.29) is 11.4 Å². The fourth-order valence-electron chi connectivity index (χ4n) is 1.61. The van der Waals surface area contributed by atoms with Gasteiger partial charge in [-0.25, -0.2) is 13.1 Å². The molecule has 20 heavy (non-hydrogen) atoms. The maximum atomic E-state index is 12.3. The molecule has 0 radical (unpaired) electrons. The van der Waals surface area contributed by atoms with Crippen molar-refractivity contribution >= 4 is 26.0 Å². The number of nitrogens with one attached hydrogen (secondary N) is 1. The second-order valence-corrected chi connectivity index (χ2v) is 7.83. The molecule has 1 aromatic rings. The van der Waals surface area contributed by atoms with Crippen LogP contribution in [0.15, 0.2) is 21.5 Å². The first-order valence-electron chi connectivity index (χ1n) is 6.07. The van der Waals surface area contributed by atoms with Gasteiger partial charge in [-0.2, -0.15) is 0 Å². The smallest absolute Gasteiger partial charge is 0.241 e. The van der Waals surface area contributed by atoms with Crippen LogP contribution in [0.4, 0.5) is 0 Å². The molecule has 1 aliphatic heterocycles. The third-order valence-electron chi connectivity index (χ3n) is 2.60. The Labute approximate surface area is 126 Å². The topological polar surface area (TPSA) is 90.7 Å². The van der Waals surface area contributed by atoms with Gasteiger partial charge in [-0.3, -0.25) is 0 Å². The Bertz CT molecular complexity index is 611. The predicted molar refractivity (Wildman–Crippen MR) is 78.6 cm³/mol. The predicted octanol–water partition coefficient (Wildman–Crippen LogP) is 1.24. The zero-order valence-corrected chi connectivity index (χ0v) is 13.7. The number of fused-ring (bicyclic) bond motifs is 1. The second-order valence-electron chi connectivity index (χ2n) is 5.24. The number of halogens is 1. The van der Waals surface area contributed by atoms with Gasteiger partial charge in [-0.15, -0.1) is 0 Å². The fraction of sp³-hybridized carbons (Fsp3) is 0.500. The molecule has 8 heteroatoms. The maximum Gasteiger partial charge on any atom is 0.241 e. The van der Waals surface area contributed by atoms with Crippen molar-refractivity contribution in [1.82, 2.24) is 4.72 Å². The van der Waals surface area contributed by atoms with E-state index in [2.05, 4.69) is 20.7 Å².